The Morgan fingerprint density at radius 3 is 1.08 bits per heavy atom. The van der Waals surface area contributed by atoms with Crippen molar-refractivity contribution in [1.29, 1.82) is 0 Å². The second kappa shape index (κ2) is 17.9. The van der Waals surface area contributed by atoms with E-state index >= 15 is 0 Å². The summed E-state index contributed by atoms with van der Waals surface area (Å²) in [6, 6.07) is 42.0. The van der Waals surface area contributed by atoms with E-state index in [-0.39, 0.29) is 47.2 Å². The molecule has 6 heterocycles. The van der Waals surface area contributed by atoms with E-state index in [1.54, 1.807) is 0 Å². The number of benzene rings is 8. The minimum atomic E-state index is -0.238. The number of hydrogen-bond acceptors (Lipinski definition) is 6. The number of hydrogen-bond donors (Lipinski definition) is 0. The van der Waals surface area contributed by atoms with Crippen LogP contribution in [0.3, 0.4) is 0 Å². The number of rotatable bonds is 7. The van der Waals surface area contributed by atoms with E-state index in [2.05, 4.69) is 239 Å². The molecule has 0 radical (unpaired) electrons. The van der Waals surface area contributed by atoms with Crippen LogP contribution in [-0.2, 0) is 27.1 Å². The standard InChI is InChI=1S/C74H78B3NO5/c1-19-72(13,14)45-30-55-66-61(31-45)82-59-39-60-53(77-50-29-44(71(10,11)12)23-25-57(50)80-63-33-47(74(17,18)21-3)35-65(83-60)68(63)77)37-52(59)75(66)48-36-51-58(38-54(48)78(55)69-41(5)26-40(4)27-42(69)6)81-64-34-46(73(15,16)20-2)32-62-67(64)76(51)49-28-43(70(7,8)9)22-24-56(49)79-62/h22-39H,19-21H2,1-18H3. The zero-order chi connectivity index (χ0) is 58.5. The number of anilines is 3. The van der Waals surface area contributed by atoms with E-state index in [9.17, 15) is 0 Å². The molecule has 0 saturated carbocycles. The van der Waals surface area contributed by atoms with Crippen LogP contribution in [0.2, 0.25) is 0 Å². The lowest BCUT2D eigenvalue weighted by atomic mass is 9.30. The largest absolute Gasteiger partial charge is 0.458 e. The van der Waals surface area contributed by atoms with Gasteiger partial charge in [-0.3, -0.25) is 0 Å². The van der Waals surface area contributed by atoms with Gasteiger partial charge in [-0.05, 0) is 193 Å². The summed E-state index contributed by atoms with van der Waals surface area (Å²) in [5, 5.41) is 0. The molecule has 0 spiro atoms. The fraction of sp³-hybridized carbons (Fsp3) is 0.351. The van der Waals surface area contributed by atoms with E-state index in [1.807, 2.05) is 0 Å². The number of ether oxygens (including phenoxy) is 5. The molecular weight excluding hydrogens is 1020 g/mol. The first-order chi connectivity index (χ1) is 39.2. The molecule has 6 aliphatic rings. The number of fused-ring (bicyclic) bond motifs is 12. The van der Waals surface area contributed by atoms with Crippen molar-refractivity contribution >= 4 is 86.4 Å². The highest BCUT2D eigenvalue weighted by Crippen LogP contribution is 2.49. The molecule has 418 valence electrons. The lowest BCUT2D eigenvalue weighted by molar-refractivity contribution is 0.445. The summed E-state index contributed by atoms with van der Waals surface area (Å²) in [5.74, 6) is 8.59. The van der Waals surface area contributed by atoms with Crippen molar-refractivity contribution in [3.8, 4) is 57.5 Å². The highest BCUT2D eigenvalue weighted by atomic mass is 16.5. The zero-order valence-corrected chi connectivity index (χ0v) is 52.2. The third-order valence-corrected chi connectivity index (χ3v) is 20.5. The van der Waals surface area contributed by atoms with Crippen molar-refractivity contribution < 1.29 is 23.7 Å². The average Bonchev–Trinajstić information content (AvgIpc) is 1.99. The summed E-state index contributed by atoms with van der Waals surface area (Å²) < 4.78 is 36.5. The van der Waals surface area contributed by atoms with Gasteiger partial charge in [-0.1, -0.05) is 158 Å². The molecule has 0 bridgehead atoms. The van der Waals surface area contributed by atoms with Crippen LogP contribution in [-0.4, -0.2) is 20.1 Å². The Morgan fingerprint density at radius 1 is 0.325 bits per heavy atom. The number of aryl methyl sites for hydroxylation is 3. The third-order valence-electron chi connectivity index (χ3n) is 20.5. The normalized spacial score (nSPS) is 14.9. The molecule has 8 aromatic carbocycles. The summed E-state index contributed by atoms with van der Waals surface area (Å²) >= 11 is 0. The molecule has 0 aliphatic carbocycles. The Balaban J connectivity index is 1.07. The van der Waals surface area contributed by atoms with Gasteiger partial charge in [-0.15, -0.1) is 0 Å². The molecule has 6 nitrogen and oxygen atoms in total. The Kier molecular flexibility index (Phi) is 11.6. The minimum Gasteiger partial charge on any atom is -0.458 e. The highest BCUT2D eigenvalue weighted by Gasteiger charge is 2.50. The van der Waals surface area contributed by atoms with Gasteiger partial charge in [-0.2, -0.15) is 0 Å². The Morgan fingerprint density at radius 2 is 0.675 bits per heavy atom. The quantitative estimate of drug-likeness (QED) is 0.148. The van der Waals surface area contributed by atoms with E-state index in [0.717, 1.165) is 126 Å². The van der Waals surface area contributed by atoms with Gasteiger partial charge in [0, 0.05) is 34.4 Å². The van der Waals surface area contributed by atoms with Gasteiger partial charge in [0.05, 0.1) is 5.69 Å². The van der Waals surface area contributed by atoms with Crippen LogP contribution >= 0.6 is 0 Å². The van der Waals surface area contributed by atoms with Crippen molar-refractivity contribution in [2.45, 2.75) is 171 Å². The summed E-state index contributed by atoms with van der Waals surface area (Å²) in [6.07, 6.45) is 2.90. The Hall–Kier alpha value is -7.25. The van der Waals surface area contributed by atoms with Crippen LogP contribution < -0.4 is 77.7 Å². The fourth-order valence-corrected chi connectivity index (χ4v) is 14.2. The van der Waals surface area contributed by atoms with Crippen LogP contribution in [0.5, 0.6) is 57.5 Å². The summed E-state index contributed by atoms with van der Waals surface area (Å²) in [6.45, 7) is 40.8. The third kappa shape index (κ3) is 8.05. The molecule has 0 atom stereocenters. The van der Waals surface area contributed by atoms with Crippen LogP contribution in [0.4, 0.5) is 17.1 Å². The van der Waals surface area contributed by atoms with Crippen LogP contribution in [0.25, 0.3) is 0 Å². The van der Waals surface area contributed by atoms with Gasteiger partial charge < -0.3 is 28.6 Å². The molecular formula is C74H78B3NO5. The molecule has 6 aliphatic heterocycles. The SMILES string of the molecule is CCC(C)(C)c1cc2c3c(c1)Oc1cc4c(cc1B3c1cc(C(C)(C)C)ccc1O2)B1c2cc3c(cc2N(c2c(C)cc(C)cc2C)c2cc(C(C)(C)CC)cc(c21)O4)Oc1cc(C(C)(C)CC)cc2c1B3c1cc(C(C)(C)C)ccc1O2. The van der Waals surface area contributed by atoms with Crippen LogP contribution in [0, 0.1) is 20.8 Å². The maximum Gasteiger partial charge on any atom is 0.260 e. The van der Waals surface area contributed by atoms with Gasteiger partial charge in [0.1, 0.15) is 57.5 Å². The number of nitrogens with zero attached hydrogens (tertiary/aromatic N) is 1. The highest BCUT2D eigenvalue weighted by molar-refractivity contribution is 7.03. The van der Waals surface area contributed by atoms with E-state index in [0.29, 0.717) is 0 Å². The van der Waals surface area contributed by atoms with Crippen molar-refractivity contribution in [3.05, 3.63) is 154 Å². The van der Waals surface area contributed by atoms with Gasteiger partial charge in [-0.25, -0.2) is 0 Å². The van der Waals surface area contributed by atoms with E-state index in [1.165, 1.54) is 61.1 Å². The van der Waals surface area contributed by atoms with Crippen molar-refractivity contribution in [2.75, 3.05) is 4.90 Å². The molecule has 0 saturated heterocycles. The Bertz CT molecular complexity index is 4130. The first-order valence-electron chi connectivity index (χ1n) is 30.6. The zero-order valence-electron chi connectivity index (χ0n) is 52.2. The first kappa shape index (κ1) is 53.7. The Labute approximate surface area is 494 Å². The fourth-order valence-electron chi connectivity index (χ4n) is 14.2. The average molecular weight is 1090 g/mol. The molecule has 9 heteroatoms. The van der Waals surface area contributed by atoms with Crippen molar-refractivity contribution in [2.24, 2.45) is 0 Å². The van der Waals surface area contributed by atoms with Crippen LogP contribution in [0.1, 0.15) is 168 Å². The van der Waals surface area contributed by atoms with E-state index in [4.69, 9.17) is 23.7 Å². The first-order valence-corrected chi connectivity index (χ1v) is 30.6. The monoisotopic (exact) mass is 1090 g/mol. The molecule has 0 amide bonds. The molecule has 8 aromatic rings. The molecule has 14 rings (SSSR count). The summed E-state index contributed by atoms with van der Waals surface area (Å²) in [7, 11) is 0. The van der Waals surface area contributed by atoms with Gasteiger partial charge >= 0.3 is 0 Å². The maximum atomic E-state index is 7.57. The molecule has 0 unspecified atom stereocenters. The van der Waals surface area contributed by atoms with Crippen molar-refractivity contribution in [1.82, 2.24) is 0 Å². The second-order valence-electron chi connectivity index (χ2n) is 29.2. The minimum absolute atomic E-state index is 0.0835. The molecule has 0 fully saturated rings. The lowest BCUT2D eigenvalue weighted by Crippen LogP contribution is -2.64. The molecule has 0 N–H and O–H groups in total. The maximum absolute atomic E-state index is 7.57. The van der Waals surface area contributed by atoms with Crippen molar-refractivity contribution in [3.63, 3.8) is 0 Å². The predicted molar refractivity (Wildman–Crippen MR) is 349 cm³/mol. The van der Waals surface area contributed by atoms with E-state index < -0.39 is 0 Å². The second-order valence-corrected chi connectivity index (χ2v) is 29.2. The predicted octanol–water partition coefficient (Wildman–Crippen LogP) is 14.1. The molecule has 0 aromatic heterocycles. The summed E-state index contributed by atoms with van der Waals surface area (Å²) in [4.78, 5) is 2.57. The van der Waals surface area contributed by atoms with Gasteiger partial charge in [0.2, 0.25) is 0 Å². The lowest BCUT2D eigenvalue weighted by Gasteiger charge is -2.44. The van der Waals surface area contributed by atoms with Gasteiger partial charge in [0.15, 0.2) is 0 Å². The molecule has 83 heavy (non-hydrogen) atoms. The van der Waals surface area contributed by atoms with Crippen LogP contribution in [0.15, 0.2) is 109 Å². The topological polar surface area (TPSA) is 49.4 Å². The summed E-state index contributed by atoms with van der Waals surface area (Å²) in [5.41, 5.74) is 22.9. The van der Waals surface area contributed by atoms with Gasteiger partial charge in [0.25, 0.3) is 20.1 Å². The smallest absolute Gasteiger partial charge is 0.260 e.